The molecule has 0 aromatic carbocycles. The van der Waals surface area contributed by atoms with Gasteiger partial charge in [0.2, 0.25) is 0 Å². The van der Waals surface area contributed by atoms with E-state index in [0.29, 0.717) is 0 Å². The zero-order valence-corrected chi connectivity index (χ0v) is 13.4. The summed E-state index contributed by atoms with van der Waals surface area (Å²) in [6.45, 7) is 8.07. The van der Waals surface area contributed by atoms with E-state index in [4.69, 9.17) is 4.74 Å². The Morgan fingerprint density at radius 1 is 1.38 bits per heavy atom. The minimum atomic E-state index is 0.741. The minimum Gasteiger partial charge on any atom is -0.383 e. The monoisotopic (exact) mass is 289 g/mol. The summed E-state index contributed by atoms with van der Waals surface area (Å²) >= 11 is 0. The summed E-state index contributed by atoms with van der Waals surface area (Å²) in [5.41, 5.74) is 2.42. The maximum atomic E-state index is 5.07. The third-order valence-corrected chi connectivity index (χ3v) is 3.70. The van der Waals surface area contributed by atoms with E-state index >= 15 is 0 Å². The third-order valence-electron chi connectivity index (χ3n) is 3.70. The fourth-order valence-electron chi connectivity index (χ4n) is 2.57. The van der Waals surface area contributed by atoms with Crippen LogP contribution in [0.3, 0.4) is 0 Å². The highest BCUT2D eigenvalue weighted by Gasteiger charge is 2.09. The largest absolute Gasteiger partial charge is 0.383 e. The lowest BCUT2D eigenvalue weighted by atomic mass is 10.1. The fourth-order valence-corrected chi connectivity index (χ4v) is 2.57. The van der Waals surface area contributed by atoms with E-state index in [2.05, 4.69) is 41.0 Å². The summed E-state index contributed by atoms with van der Waals surface area (Å²) in [6, 6.07) is 4.17. The van der Waals surface area contributed by atoms with Crippen molar-refractivity contribution in [3.8, 4) is 0 Å². The van der Waals surface area contributed by atoms with E-state index < -0.39 is 0 Å². The Kier molecular flexibility index (Phi) is 6.21. The van der Waals surface area contributed by atoms with Crippen LogP contribution >= 0.6 is 0 Å². The number of aromatic nitrogens is 2. The quantitative estimate of drug-likeness (QED) is 0.721. The summed E-state index contributed by atoms with van der Waals surface area (Å²) in [5.74, 6) is 0.759. The van der Waals surface area contributed by atoms with Crippen molar-refractivity contribution in [3.05, 3.63) is 30.1 Å². The number of fused-ring (bicyclic) bond motifs is 1. The molecule has 0 amide bonds. The van der Waals surface area contributed by atoms with Crippen LogP contribution in [-0.2, 0) is 17.8 Å². The van der Waals surface area contributed by atoms with E-state index in [9.17, 15) is 0 Å². The number of aryl methyl sites for hydroxylation is 1. The van der Waals surface area contributed by atoms with E-state index in [1.807, 2.05) is 12.3 Å². The van der Waals surface area contributed by atoms with Crippen LogP contribution in [0.2, 0.25) is 0 Å². The molecule has 2 rings (SSSR count). The first-order valence-electron chi connectivity index (χ1n) is 7.84. The van der Waals surface area contributed by atoms with E-state index in [1.165, 1.54) is 23.8 Å². The van der Waals surface area contributed by atoms with Crippen LogP contribution in [0.1, 0.15) is 32.3 Å². The van der Waals surface area contributed by atoms with Crippen LogP contribution < -0.4 is 5.32 Å². The molecular formula is C17H27N3O. The molecule has 0 bridgehead atoms. The van der Waals surface area contributed by atoms with Crippen LogP contribution in [0, 0.1) is 5.92 Å². The summed E-state index contributed by atoms with van der Waals surface area (Å²) in [5, 5.41) is 4.67. The summed E-state index contributed by atoms with van der Waals surface area (Å²) < 4.78 is 7.36. The van der Waals surface area contributed by atoms with Gasteiger partial charge in [-0.25, -0.2) is 4.98 Å². The molecule has 0 fully saturated rings. The van der Waals surface area contributed by atoms with Gasteiger partial charge < -0.3 is 14.6 Å². The molecule has 0 radical (unpaired) electrons. The standard InChI is InChI=1S/C17H27N3O/c1-14(2)6-5-10-20-13-15(12-18-9-11-21-3)16-7-4-8-19-17(16)20/h4,7-8,13-14,18H,5-6,9-12H2,1-3H3. The lowest BCUT2D eigenvalue weighted by molar-refractivity contribution is 0.199. The second kappa shape index (κ2) is 8.15. The Morgan fingerprint density at radius 3 is 3.00 bits per heavy atom. The average Bonchev–Trinajstić information content (AvgIpc) is 2.82. The molecule has 0 spiro atoms. The first kappa shape index (κ1) is 16.0. The summed E-state index contributed by atoms with van der Waals surface area (Å²) in [7, 11) is 1.73. The first-order chi connectivity index (χ1) is 10.2. The molecule has 0 aliphatic rings. The smallest absolute Gasteiger partial charge is 0.140 e. The maximum absolute atomic E-state index is 5.07. The molecule has 2 aromatic rings. The maximum Gasteiger partial charge on any atom is 0.140 e. The average molecular weight is 289 g/mol. The minimum absolute atomic E-state index is 0.741. The van der Waals surface area contributed by atoms with Gasteiger partial charge in [0.1, 0.15) is 5.65 Å². The predicted molar refractivity (Wildman–Crippen MR) is 87.4 cm³/mol. The molecule has 116 valence electrons. The molecule has 0 atom stereocenters. The topological polar surface area (TPSA) is 39.1 Å². The molecule has 0 unspecified atom stereocenters. The Morgan fingerprint density at radius 2 is 2.24 bits per heavy atom. The molecule has 21 heavy (non-hydrogen) atoms. The second-order valence-electron chi connectivity index (χ2n) is 5.93. The zero-order valence-electron chi connectivity index (χ0n) is 13.4. The van der Waals surface area contributed by atoms with Crippen LogP contribution in [0.15, 0.2) is 24.5 Å². The number of methoxy groups -OCH3 is 1. The van der Waals surface area contributed by atoms with Crippen molar-refractivity contribution in [2.45, 2.75) is 39.8 Å². The highest BCUT2D eigenvalue weighted by atomic mass is 16.5. The predicted octanol–water partition coefficient (Wildman–Crippen LogP) is 3.21. The molecule has 0 saturated heterocycles. The fraction of sp³-hybridized carbons (Fsp3) is 0.588. The number of hydrogen-bond acceptors (Lipinski definition) is 3. The van der Waals surface area contributed by atoms with Gasteiger partial charge in [-0.05, 0) is 36.5 Å². The van der Waals surface area contributed by atoms with Gasteiger partial charge in [0.25, 0.3) is 0 Å². The van der Waals surface area contributed by atoms with Crippen molar-refractivity contribution in [1.82, 2.24) is 14.9 Å². The van der Waals surface area contributed by atoms with Crippen molar-refractivity contribution in [1.29, 1.82) is 0 Å². The van der Waals surface area contributed by atoms with Crippen molar-refractivity contribution < 1.29 is 4.74 Å². The van der Waals surface area contributed by atoms with E-state index in [-0.39, 0.29) is 0 Å². The Balaban J connectivity index is 2.06. The summed E-state index contributed by atoms with van der Waals surface area (Å²) in [6.07, 6.45) is 6.59. The van der Waals surface area contributed by atoms with Crippen molar-refractivity contribution >= 4 is 11.0 Å². The van der Waals surface area contributed by atoms with Crippen molar-refractivity contribution in [2.24, 2.45) is 5.92 Å². The Bertz CT molecular complexity index is 548. The van der Waals surface area contributed by atoms with Gasteiger partial charge in [-0.3, -0.25) is 0 Å². The lowest BCUT2D eigenvalue weighted by Gasteiger charge is -2.06. The molecule has 2 heterocycles. The van der Waals surface area contributed by atoms with Crippen LogP contribution in [0.25, 0.3) is 11.0 Å². The molecule has 4 heteroatoms. The number of hydrogen-bond donors (Lipinski definition) is 1. The molecule has 0 aliphatic carbocycles. The van der Waals surface area contributed by atoms with E-state index in [1.54, 1.807) is 7.11 Å². The van der Waals surface area contributed by atoms with E-state index in [0.717, 1.165) is 37.8 Å². The molecule has 2 aromatic heterocycles. The van der Waals surface area contributed by atoms with Crippen molar-refractivity contribution in [3.63, 3.8) is 0 Å². The number of pyridine rings is 1. The third kappa shape index (κ3) is 4.55. The molecule has 0 aliphatic heterocycles. The molecule has 4 nitrogen and oxygen atoms in total. The highest BCUT2D eigenvalue weighted by molar-refractivity contribution is 5.80. The highest BCUT2D eigenvalue weighted by Crippen LogP contribution is 2.20. The second-order valence-corrected chi connectivity index (χ2v) is 5.93. The Hall–Kier alpha value is -1.39. The normalized spacial score (nSPS) is 11.6. The van der Waals surface area contributed by atoms with Crippen LogP contribution in [0.4, 0.5) is 0 Å². The van der Waals surface area contributed by atoms with Gasteiger partial charge in [0.15, 0.2) is 0 Å². The SMILES string of the molecule is COCCNCc1cn(CCCC(C)C)c2ncccc12. The first-order valence-corrected chi connectivity index (χ1v) is 7.84. The van der Waals surface area contributed by atoms with Crippen molar-refractivity contribution in [2.75, 3.05) is 20.3 Å². The zero-order chi connectivity index (χ0) is 15.1. The van der Waals surface area contributed by atoms with Gasteiger partial charge >= 0.3 is 0 Å². The number of nitrogens with one attached hydrogen (secondary N) is 1. The number of nitrogens with zero attached hydrogens (tertiary/aromatic N) is 2. The lowest BCUT2D eigenvalue weighted by Crippen LogP contribution is -2.18. The molecule has 0 saturated carbocycles. The van der Waals surface area contributed by atoms with Gasteiger partial charge in [0, 0.05) is 44.5 Å². The summed E-state index contributed by atoms with van der Waals surface area (Å²) in [4.78, 5) is 4.55. The van der Waals surface area contributed by atoms with Crippen LogP contribution in [-0.4, -0.2) is 29.8 Å². The van der Waals surface area contributed by atoms with Crippen LogP contribution in [0.5, 0.6) is 0 Å². The van der Waals surface area contributed by atoms with Gasteiger partial charge in [0.05, 0.1) is 6.61 Å². The number of rotatable bonds is 9. The molecule has 1 N–H and O–H groups in total. The van der Waals surface area contributed by atoms with Gasteiger partial charge in [-0.2, -0.15) is 0 Å². The molecular weight excluding hydrogens is 262 g/mol. The van der Waals surface area contributed by atoms with Gasteiger partial charge in [-0.1, -0.05) is 13.8 Å². The number of ether oxygens (including phenoxy) is 1. The Labute approximate surface area is 127 Å². The van der Waals surface area contributed by atoms with Gasteiger partial charge in [-0.15, -0.1) is 0 Å².